The van der Waals surface area contributed by atoms with Crippen molar-refractivity contribution in [1.82, 2.24) is 0 Å². The summed E-state index contributed by atoms with van der Waals surface area (Å²) < 4.78 is 0.351. The summed E-state index contributed by atoms with van der Waals surface area (Å²) in [4.78, 5) is 0. The van der Waals surface area contributed by atoms with Crippen molar-refractivity contribution in [1.29, 1.82) is 0 Å². The zero-order valence-corrected chi connectivity index (χ0v) is 9.74. The van der Waals surface area contributed by atoms with Crippen molar-refractivity contribution in [3.05, 3.63) is 0 Å². The Kier molecular flexibility index (Phi) is 7.98. The minimum absolute atomic E-state index is 0.125. The van der Waals surface area contributed by atoms with Gasteiger partial charge in [0.25, 0.3) is 0 Å². The van der Waals surface area contributed by atoms with Crippen LogP contribution < -0.4 is 15.2 Å². The minimum Gasteiger partial charge on any atom is -0.861 e. The van der Waals surface area contributed by atoms with E-state index in [-0.39, 0.29) is 5.90 Å². The molecule has 6 heteroatoms. The molecule has 0 bridgehead atoms. The zero-order valence-electron chi connectivity index (χ0n) is 9.74. The van der Waals surface area contributed by atoms with Crippen LogP contribution in [0.5, 0.6) is 0 Å². The molecule has 0 aliphatic heterocycles. The van der Waals surface area contributed by atoms with Gasteiger partial charge in [-0.2, -0.15) is 0 Å². The fourth-order valence-corrected chi connectivity index (χ4v) is 0.456. The first-order valence-electron chi connectivity index (χ1n) is 4.19. The van der Waals surface area contributed by atoms with Crippen molar-refractivity contribution < 1.29 is 19.8 Å². The molecular formula is C8H20N4O2. The molecule has 84 valence electrons. The third kappa shape index (κ3) is 22.4. The van der Waals surface area contributed by atoms with E-state index in [1.54, 1.807) is 14.1 Å². The Morgan fingerprint density at radius 1 is 1.29 bits per heavy atom. The lowest BCUT2D eigenvalue weighted by Gasteiger charge is -2.14. The summed E-state index contributed by atoms with van der Waals surface area (Å²) in [5, 5.41) is 27.6. The van der Waals surface area contributed by atoms with Gasteiger partial charge in [-0.05, 0) is 6.92 Å². The van der Waals surface area contributed by atoms with E-state index in [4.69, 9.17) is 0 Å². The zero-order chi connectivity index (χ0) is 11.8. The monoisotopic (exact) mass is 204 g/mol. The van der Waals surface area contributed by atoms with Gasteiger partial charge >= 0.3 is 0 Å². The van der Waals surface area contributed by atoms with E-state index < -0.39 is 0 Å². The lowest BCUT2D eigenvalue weighted by atomic mass is 10.8. The van der Waals surface area contributed by atoms with Crippen LogP contribution in [0.2, 0.25) is 0 Å². The number of nitrogens with zero attached hydrogens (tertiary/aromatic N) is 3. The lowest BCUT2D eigenvalue weighted by molar-refractivity contribution is -0.877. The van der Waals surface area contributed by atoms with Crippen molar-refractivity contribution in [2.45, 2.75) is 6.92 Å². The van der Waals surface area contributed by atoms with Crippen LogP contribution in [-0.4, -0.2) is 52.1 Å². The van der Waals surface area contributed by atoms with E-state index in [2.05, 4.69) is 10.2 Å². The molecule has 0 radical (unpaired) electrons. The summed E-state index contributed by atoms with van der Waals surface area (Å²) >= 11 is 0. The molecule has 1 N–H and O–H groups in total. The van der Waals surface area contributed by atoms with Gasteiger partial charge in [0.05, 0.1) is 35.2 Å². The molecular weight excluding hydrogens is 184 g/mol. The highest BCUT2D eigenvalue weighted by atomic mass is 16.3. The number of rotatable bonds is 2. The summed E-state index contributed by atoms with van der Waals surface area (Å²) in [6, 6.07) is 0. The molecule has 0 heterocycles. The van der Waals surface area contributed by atoms with Crippen molar-refractivity contribution in [3.8, 4) is 0 Å². The summed E-state index contributed by atoms with van der Waals surface area (Å²) in [5.74, 6) is -0.125. The second-order valence-electron chi connectivity index (χ2n) is 3.74. The van der Waals surface area contributed by atoms with Crippen LogP contribution in [0.25, 0.3) is 0 Å². The molecule has 0 spiro atoms. The number of hydrogen-bond acceptors (Lipinski definition) is 4. The van der Waals surface area contributed by atoms with E-state index in [1.807, 2.05) is 21.1 Å². The van der Waals surface area contributed by atoms with Gasteiger partial charge in [0, 0.05) is 12.3 Å². The summed E-state index contributed by atoms with van der Waals surface area (Å²) in [7, 11) is 9.03. The maximum Gasteiger partial charge on any atom is 0.0923 e. The Labute approximate surface area is 85.3 Å². The topological polar surface area (TPSA) is 75.3 Å². The van der Waals surface area contributed by atoms with E-state index in [1.165, 1.54) is 6.92 Å². The van der Waals surface area contributed by atoms with E-state index in [0.29, 0.717) is 11.0 Å². The van der Waals surface area contributed by atoms with Crippen molar-refractivity contribution in [3.63, 3.8) is 0 Å². The first kappa shape index (κ1) is 15.3. The summed E-state index contributed by atoms with van der Waals surface area (Å²) in [5.41, 5.74) is 0. The van der Waals surface area contributed by atoms with Crippen molar-refractivity contribution in [2.75, 3.05) is 35.2 Å². The minimum atomic E-state index is -0.125. The van der Waals surface area contributed by atoms with Gasteiger partial charge in [-0.1, -0.05) is 0 Å². The highest BCUT2D eigenvalue weighted by Gasteiger charge is 1.97. The smallest absolute Gasteiger partial charge is 0.0923 e. The van der Waals surface area contributed by atoms with Crippen LogP contribution in [0.1, 0.15) is 6.92 Å². The Hall–Kier alpha value is -1.14. The molecule has 0 rings (SSSR count). The molecule has 0 atom stereocenters. The molecule has 0 fully saturated rings. The fourth-order valence-electron chi connectivity index (χ4n) is 0.456. The first-order valence-corrected chi connectivity index (χ1v) is 4.19. The van der Waals surface area contributed by atoms with E-state index >= 15 is 0 Å². The molecule has 6 nitrogen and oxygen atoms in total. The highest BCUT2D eigenvalue weighted by Crippen LogP contribution is 1.85. The molecule has 0 unspecified atom stereocenters. The van der Waals surface area contributed by atoms with Crippen LogP contribution in [0.15, 0.2) is 10.2 Å². The molecule has 0 aliphatic rings. The van der Waals surface area contributed by atoms with Gasteiger partial charge in [0.15, 0.2) is 0 Å². The maximum atomic E-state index is 10.1. The van der Waals surface area contributed by atoms with Gasteiger partial charge in [-0.3, -0.25) is 0 Å². The average Bonchev–Trinajstić information content (AvgIpc) is 1.80. The predicted octanol–water partition coefficient (Wildman–Crippen LogP) is -3.18. The second kappa shape index (κ2) is 7.28. The Bertz CT molecular complexity index is 190. The molecule has 0 saturated heterocycles. The lowest BCUT2D eigenvalue weighted by Crippen LogP contribution is -3.01. The predicted molar refractivity (Wildman–Crippen MR) is 52.4 cm³/mol. The normalized spacial score (nSPS) is 12.9. The van der Waals surface area contributed by atoms with Gasteiger partial charge in [0.1, 0.15) is 0 Å². The molecule has 0 saturated carbocycles. The first-order chi connectivity index (χ1) is 6.19. The molecule has 0 aromatic heterocycles. The summed E-state index contributed by atoms with van der Waals surface area (Å²) in [6.07, 6.45) is 0.556. The maximum absolute atomic E-state index is 10.1. The number of nitrogens with one attached hydrogen (secondary N) is 1. The van der Waals surface area contributed by atoms with Crippen LogP contribution >= 0.6 is 0 Å². The van der Waals surface area contributed by atoms with Gasteiger partial charge < -0.3 is 10.2 Å². The Morgan fingerprint density at radius 3 is 1.71 bits per heavy atom. The van der Waals surface area contributed by atoms with Crippen molar-refractivity contribution in [2.24, 2.45) is 10.2 Å². The van der Waals surface area contributed by atoms with Gasteiger partial charge in [-0.25, -0.2) is 9.60 Å². The highest BCUT2D eigenvalue weighted by molar-refractivity contribution is 5.67. The average molecular weight is 204 g/mol. The van der Waals surface area contributed by atoms with E-state index in [0.717, 1.165) is 5.01 Å². The van der Waals surface area contributed by atoms with Crippen LogP contribution in [-0.2, 0) is 0 Å². The fraction of sp³-hybridized carbons (Fsp3) is 0.750. The van der Waals surface area contributed by atoms with Crippen LogP contribution in [0.4, 0.5) is 0 Å². The third-order valence-electron chi connectivity index (χ3n) is 0.775. The molecule has 0 aliphatic carbocycles. The Balaban J connectivity index is 0. The van der Waals surface area contributed by atoms with Crippen LogP contribution in [0.3, 0.4) is 0 Å². The van der Waals surface area contributed by atoms with Crippen LogP contribution in [0, 0.1) is 0 Å². The number of hydrogen-bond donors (Lipinski definition) is 1. The molecule has 0 aromatic rings. The van der Waals surface area contributed by atoms with Crippen molar-refractivity contribution >= 4 is 12.3 Å². The largest absolute Gasteiger partial charge is 0.861 e. The van der Waals surface area contributed by atoms with Gasteiger partial charge in [-0.15, -0.1) is 10.2 Å². The van der Waals surface area contributed by atoms with E-state index in [9.17, 15) is 10.2 Å². The molecule has 0 amide bonds. The number of quaternary nitrogens is 2. The van der Waals surface area contributed by atoms with Gasteiger partial charge in [0.2, 0.25) is 0 Å². The SMILES string of the molecule is CC([O-])=N[NH+](C)C.C[N+](C)(C)N=C[O-]. The molecule has 14 heavy (non-hydrogen) atoms. The quantitative estimate of drug-likeness (QED) is 0.223. The third-order valence-corrected chi connectivity index (χ3v) is 0.775. The Morgan fingerprint density at radius 2 is 1.71 bits per heavy atom. The summed E-state index contributed by atoms with van der Waals surface area (Å²) in [6.45, 7) is 1.44. The second-order valence-corrected chi connectivity index (χ2v) is 3.74. The standard InChI is InChI=1S/2C4H10N2O/c1-6(2,3)5-4-7;1-4(7)5-6(2)3/h4H,1-3H3;1-3H3,(H,5,7). The molecule has 0 aromatic carbocycles.